The molecule has 1 heterocycles. The number of carbonyl (C=O) groups excluding carboxylic acids is 5. The third-order valence-corrected chi connectivity index (χ3v) is 11.0. The van der Waals surface area contributed by atoms with Gasteiger partial charge in [-0.25, -0.2) is 13.2 Å². The molecule has 262 valence electrons. The zero-order valence-corrected chi connectivity index (χ0v) is 29.8. The number of likely N-dealkylation sites (tertiary alicyclic amines) is 1. The number of rotatable bonds is 13. The van der Waals surface area contributed by atoms with E-state index in [1.54, 1.807) is 39.0 Å². The second-order valence-electron chi connectivity index (χ2n) is 15.6. The number of ketones is 1. The van der Waals surface area contributed by atoms with E-state index >= 15 is 0 Å². The Hall–Kier alpha value is -3.48. The van der Waals surface area contributed by atoms with Gasteiger partial charge in [-0.1, -0.05) is 86.4 Å². The normalized spacial score (nSPS) is 20.7. The Morgan fingerprint density at radius 3 is 1.98 bits per heavy atom. The van der Waals surface area contributed by atoms with Gasteiger partial charge in [0.1, 0.15) is 12.1 Å². The number of urea groups is 1. The fourth-order valence-electron chi connectivity index (χ4n) is 6.04. The number of nitrogens with two attached hydrogens (primary N) is 1. The van der Waals surface area contributed by atoms with Crippen LogP contribution in [0.3, 0.4) is 0 Å². The Labute approximate surface area is 279 Å². The van der Waals surface area contributed by atoms with E-state index in [0.29, 0.717) is 12.8 Å². The van der Waals surface area contributed by atoms with Crippen molar-refractivity contribution in [2.75, 3.05) is 12.3 Å². The zero-order valence-electron chi connectivity index (χ0n) is 29.0. The standard InChI is InChI=1S/C34H53N5O7S/c1-20(2)23-16-17-39(26(23)30(42)36-24(18-21-14-15-21)27(40)29(35)41)31(43)28(34(6,7)8)38-32(44)37-25(33(3,4)5)19-47(45,46)22-12-10-9-11-13-22/h9-13,20-21,23-26,28H,14-19H2,1-8H3,(H2,35,41)(H,36,42)(H2,37,38,44)/t23-,24?,25-,26+,28-/m1/s1. The molecular weight excluding hydrogens is 622 g/mol. The van der Waals surface area contributed by atoms with Crippen molar-refractivity contribution in [3.05, 3.63) is 30.3 Å². The van der Waals surface area contributed by atoms with E-state index in [1.165, 1.54) is 17.0 Å². The molecule has 12 nitrogen and oxygen atoms in total. The van der Waals surface area contributed by atoms with Crippen LogP contribution < -0.4 is 21.7 Å². The van der Waals surface area contributed by atoms with Crippen molar-refractivity contribution < 1.29 is 32.4 Å². The Balaban J connectivity index is 1.84. The molecule has 1 aliphatic carbocycles. The van der Waals surface area contributed by atoms with Gasteiger partial charge in [0.2, 0.25) is 17.6 Å². The highest BCUT2D eigenvalue weighted by Crippen LogP contribution is 2.36. The van der Waals surface area contributed by atoms with Crippen molar-refractivity contribution in [1.29, 1.82) is 0 Å². The first-order valence-corrected chi connectivity index (χ1v) is 18.1. The highest BCUT2D eigenvalue weighted by molar-refractivity contribution is 7.91. The van der Waals surface area contributed by atoms with Crippen LogP contribution in [0.15, 0.2) is 35.2 Å². The second-order valence-corrected chi connectivity index (χ2v) is 17.6. The third-order valence-electron chi connectivity index (χ3n) is 9.22. The molecule has 13 heteroatoms. The summed E-state index contributed by atoms with van der Waals surface area (Å²) < 4.78 is 26.4. The number of nitrogens with one attached hydrogen (secondary N) is 3. The number of benzene rings is 1. The average molecular weight is 676 g/mol. The predicted molar refractivity (Wildman–Crippen MR) is 179 cm³/mol. The summed E-state index contributed by atoms with van der Waals surface area (Å²) in [6.07, 6.45) is 2.64. The van der Waals surface area contributed by atoms with Crippen LogP contribution in [0, 0.1) is 28.6 Å². The average Bonchev–Trinajstić information content (AvgIpc) is 3.66. The molecule has 0 radical (unpaired) electrons. The minimum absolute atomic E-state index is 0.0146. The maximum Gasteiger partial charge on any atom is 0.315 e. The molecule has 2 aliphatic rings. The molecular formula is C34H53N5O7S. The minimum Gasteiger partial charge on any atom is -0.363 e. The van der Waals surface area contributed by atoms with Gasteiger partial charge in [0, 0.05) is 12.6 Å². The maximum atomic E-state index is 14.3. The number of Topliss-reactive ketones (excluding diaryl/α,β-unsaturated/α-hetero) is 1. The summed E-state index contributed by atoms with van der Waals surface area (Å²) in [7, 11) is -3.75. The topological polar surface area (TPSA) is 185 Å². The number of hydrogen-bond donors (Lipinski definition) is 4. The number of carbonyl (C=O) groups is 5. The molecule has 3 rings (SSSR count). The summed E-state index contributed by atoms with van der Waals surface area (Å²) >= 11 is 0. The van der Waals surface area contributed by atoms with E-state index in [1.807, 2.05) is 34.6 Å². The number of hydrogen-bond acceptors (Lipinski definition) is 7. The molecule has 0 aromatic heterocycles. The lowest BCUT2D eigenvalue weighted by atomic mass is 9.84. The van der Waals surface area contributed by atoms with Crippen LogP contribution in [-0.2, 0) is 29.0 Å². The molecule has 1 aromatic rings. The van der Waals surface area contributed by atoms with Crippen molar-refractivity contribution in [3.63, 3.8) is 0 Å². The van der Waals surface area contributed by atoms with Crippen LogP contribution in [0.25, 0.3) is 0 Å². The lowest BCUT2D eigenvalue weighted by Crippen LogP contribution is -2.62. The Morgan fingerprint density at radius 1 is 0.894 bits per heavy atom. The maximum absolute atomic E-state index is 14.3. The predicted octanol–water partition coefficient (Wildman–Crippen LogP) is 2.80. The molecule has 5 atom stereocenters. The van der Waals surface area contributed by atoms with Gasteiger partial charge in [-0.05, 0) is 53.6 Å². The van der Waals surface area contributed by atoms with Crippen LogP contribution in [-0.4, -0.2) is 79.3 Å². The molecule has 1 unspecified atom stereocenters. The van der Waals surface area contributed by atoms with Crippen molar-refractivity contribution in [2.45, 2.75) is 110 Å². The lowest BCUT2D eigenvalue weighted by Gasteiger charge is -2.38. The molecule has 5 N–H and O–H groups in total. The SMILES string of the molecule is CC(C)[C@H]1CCN(C(=O)[C@@H](NC(=O)N[C@H](CS(=O)(=O)c2ccccc2)C(C)(C)C)C(C)(C)C)[C@@H]1C(=O)NC(CC1CC1)C(=O)C(N)=O. The van der Waals surface area contributed by atoms with Gasteiger partial charge < -0.3 is 26.6 Å². The summed E-state index contributed by atoms with van der Waals surface area (Å²) in [6, 6.07) is 3.42. The quantitative estimate of drug-likeness (QED) is 0.232. The molecule has 1 saturated carbocycles. The summed E-state index contributed by atoms with van der Waals surface area (Å²) in [5.41, 5.74) is 3.84. The van der Waals surface area contributed by atoms with Crippen LogP contribution in [0.1, 0.15) is 81.1 Å². The summed E-state index contributed by atoms with van der Waals surface area (Å²) in [4.78, 5) is 67.6. The fourth-order valence-corrected chi connectivity index (χ4v) is 7.83. The molecule has 0 bridgehead atoms. The van der Waals surface area contributed by atoms with Gasteiger partial charge in [-0.2, -0.15) is 0 Å². The first-order valence-electron chi connectivity index (χ1n) is 16.4. The molecule has 5 amide bonds. The number of sulfone groups is 1. The summed E-state index contributed by atoms with van der Waals surface area (Å²) in [5.74, 6) is -3.34. The number of amides is 5. The van der Waals surface area contributed by atoms with Crippen LogP contribution in [0.2, 0.25) is 0 Å². The fraction of sp³-hybridized carbons (Fsp3) is 0.676. The van der Waals surface area contributed by atoms with Crippen LogP contribution in [0.4, 0.5) is 4.79 Å². The zero-order chi connectivity index (χ0) is 35.5. The molecule has 0 spiro atoms. The van der Waals surface area contributed by atoms with E-state index in [9.17, 15) is 32.4 Å². The number of nitrogens with zero attached hydrogens (tertiary/aromatic N) is 1. The first kappa shape index (κ1) is 38.0. The largest absolute Gasteiger partial charge is 0.363 e. The molecule has 1 aliphatic heterocycles. The van der Waals surface area contributed by atoms with E-state index in [0.717, 1.165) is 12.8 Å². The van der Waals surface area contributed by atoms with Crippen LogP contribution in [0.5, 0.6) is 0 Å². The van der Waals surface area contributed by atoms with E-state index in [-0.39, 0.29) is 34.9 Å². The van der Waals surface area contributed by atoms with Crippen molar-refractivity contribution in [3.8, 4) is 0 Å². The molecule has 47 heavy (non-hydrogen) atoms. The monoisotopic (exact) mass is 675 g/mol. The molecule has 1 saturated heterocycles. The van der Waals surface area contributed by atoms with E-state index in [4.69, 9.17) is 5.73 Å². The van der Waals surface area contributed by atoms with E-state index in [2.05, 4.69) is 16.0 Å². The highest BCUT2D eigenvalue weighted by Gasteiger charge is 2.48. The van der Waals surface area contributed by atoms with Crippen molar-refractivity contribution >= 4 is 39.4 Å². The second kappa shape index (κ2) is 14.7. The Morgan fingerprint density at radius 2 is 1.49 bits per heavy atom. The molecule has 1 aromatic carbocycles. The Kier molecular flexibility index (Phi) is 11.9. The van der Waals surface area contributed by atoms with Crippen LogP contribution >= 0.6 is 0 Å². The lowest BCUT2D eigenvalue weighted by molar-refractivity contribution is -0.144. The minimum atomic E-state index is -3.75. The smallest absolute Gasteiger partial charge is 0.315 e. The summed E-state index contributed by atoms with van der Waals surface area (Å²) in [6.45, 7) is 15.0. The Bertz CT molecular complexity index is 1430. The summed E-state index contributed by atoms with van der Waals surface area (Å²) in [5, 5.41) is 8.33. The highest BCUT2D eigenvalue weighted by atomic mass is 32.2. The van der Waals surface area contributed by atoms with Gasteiger partial charge in [0.25, 0.3) is 5.91 Å². The van der Waals surface area contributed by atoms with Gasteiger partial charge >= 0.3 is 6.03 Å². The first-order chi connectivity index (χ1) is 21.6. The van der Waals surface area contributed by atoms with Gasteiger partial charge in [0.15, 0.2) is 9.84 Å². The van der Waals surface area contributed by atoms with Crippen molar-refractivity contribution in [1.82, 2.24) is 20.9 Å². The third kappa shape index (κ3) is 10.0. The number of primary amides is 1. The van der Waals surface area contributed by atoms with E-state index < -0.39 is 74.4 Å². The molecule has 2 fully saturated rings. The van der Waals surface area contributed by atoms with Gasteiger partial charge in [-0.15, -0.1) is 0 Å². The van der Waals surface area contributed by atoms with Gasteiger partial charge in [-0.3, -0.25) is 19.2 Å². The van der Waals surface area contributed by atoms with Crippen molar-refractivity contribution in [2.24, 2.45) is 34.3 Å². The van der Waals surface area contributed by atoms with Gasteiger partial charge in [0.05, 0.1) is 16.7 Å².